The number of thiophene rings is 1. The minimum absolute atomic E-state index is 0.115. The van der Waals surface area contributed by atoms with Gasteiger partial charge in [-0.2, -0.15) is 0 Å². The summed E-state index contributed by atoms with van der Waals surface area (Å²) >= 11 is 1.75. The highest BCUT2D eigenvalue weighted by atomic mass is 32.1. The van der Waals surface area contributed by atoms with Crippen LogP contribution in [0.1, 0.15) is 29.2 Å². The van der Waals surface area contributed by atoms with Gasteiger partial charge in [-0.15, -0.1) is 11.3 Å². The average Bonchev–Trinajstić information content (AvgIpc) is 3.08. The van der Waals surface area contributed by atoms with Crippen LogP contribution in [0, 0.1) is 12.7 Å². The molecule has 3 rings (SSSR count). The number of benzene rings is 1. The van der Waals surface area contributed by atoms with E-state index < -0.39 is 0 Å². The predicted molar refractivity (Wildman–Crippen MR) is 85.3 cm³/mol. The van der Waals surface area contributed by atoms with Crippen molar-refractivity contribution < 1.29 is 8.81 Å². The number of furan rings is 1. The Bertz CT molecular complexity index is 733. The lowest BCUT2D eigenvalue weighted by Gasteiger charge is -2.15. The van der Waals surface area contributed by atoms with E-state index in [4.69, 9.17) is 4.42 Å². The van der Waals surface area contributed by atoms with Crippen LogP contribution in [-0.4, -0.2) is 6.54 Å². The Morgan fingerprint density at radius 1 is 1.33 bits per heavy atom. The van der Waals surface area contributed by atoms with Crippen molar-refractivity contribution in [2.24, 2.45) is 0 Å². The van der Waals surface area contributed by atoms with Crippen molar-refractivity contribution in [1.29, 1.82) is 0 Å². The zero-order valence-electron chi connectivity index (χ0n) is 12.2. The van der Waals surface area contributed by atoms with Crippen LogP contribution in [0.4, 0.5) is 4.39 Å². The molecule has 0 saturated heterocycles. The third-order valence-electron chi connectivity index (χ3n) is 3.69. The Hall–Kier alpha value is -1.65. The van der Waals surface area contributed by atoms with Crippen molar-refractivity contribution in [3.8, 4) is 0 Å². The highest BCUT2D eigenvalue weighted by Crippen LogP contribution is 2.32. The fourth-order valence-electron chi connectivity index (χ4n) is 2.68. The number of halogens is 1. The van der Waals surface area contributed by atoms with Gasteiger partial charge in [-0.25, -0.2) is 4.39 Å². The average molecular weight is 303 g/mol. The molecule has 2 heterocycles. The molecule has 1 aromatic carbocycles. The molecule has 0 aliphatic heterocycles. The Balaban J connectivity index is 2.00. The first-order valence-corrected chi connectivity index (χ1v) is 8.01. The van der Waals surface area contributed by atoms with E-state index in [1.54, 1.807) is 23.5 Å². The molecule has 0 aliphatic carbocycles. The number of rotatable bonds is 5. The van der Waals surface area contributed by atoms with Gasteiger partial charge in [-0.05, 0) is 43.1 Å². The van der Waals surface area contributed by atoms with Gasteiger partial charge in [0.2, 0.25) is 0 Å². The van der Waals surface area contributed by atoms with Gasteiger partial charge in [0.15, 0.2) is 0 Å². The second-order valence-corrected chi connectivity index (χ2v) is 6.16. The molecular weight excluding hydrogens is 285 g/mol. The molecule has 0 saturated carbocycles. The van der Waals surface area contributed by atoms with Crippen LogP contribution in [0.15, 0.2) is 40.1 Å². The molecule has 0 radical (unpaired) electrons. The van der Waals surface area contributed by atoms with E-state index in [-0.39, 0.29) is 11.9 Å². The second kappa shape index (κ2) is 6.00. The number of hydrogen-bond donors (Lipinski definition) is 1. The first-order chi connectivity index (χ1) is 10.2. The van der Waals surface area contributed by atoms with Crippen molar-refractivity contribution in [2.45, 2.75) is 26.3 Å². The molecular formula is C17H18FNOS. The van der Waals surface area contributed by atoms with Crippen LogP contribution < -0.4 is 5.32 Å². The Morgan fingerprint density at radius 3 is 2.90 bits per heavy atom. The van der Waals surface area contributed by atoms with Gasteiger partial charge in [0, 0.05) is 22.2 Å². The SMILES string of the molecule is CCNC(Cc1cccs1)c1oc2ccc(F)cc2c1C. The smallest absolute Gasteiger partial charge is 0.134 e. The molecule has 0 bridgehead atoms. The summed E-state index contributed by atoms with van der Waals surface area (Å²) in [5.41, 5.74) is 1.77. The summed E-state index contributed by atoms with van der Waals surface area (Å²) in [5.74, 6) is 0.682. The van der Waals surface area contributed by atoms with E-state index in [1.165, 1.54) is 10.9 Å². The van der Waals surface area contributed by atoms with Gasteiger partial charge in [0.25, 0.3) is 0 Å². The molecule has 0 fully saturated rings. The molecule has 1 atom stereocenters. The normalized spacial score (nSPS) is 12.9. The monoisotopic (exact) mass is 303 g/mol. The lowest BCUT2D eigenvalue weighted by Crippen LogP contribution is -2.22. The van der Waals surface area contributed by atoms with Crippen LogP contribution in [-0.2, 0) is 6.42 Å². The van der Waals surface area contributed by atoms with Crippen LogP contribution >= 0.6 is 11.3 Å². The summed E-state index contributed by atoms with van der Waals surface area (Å²) in [4.78, 5) is 1.31. The molecule has 1 N–H and O–H groups in total. The van der Waals surface area contributed by atoms with Gasteiger partial charge in [0.05, 0.1) is 6.04 Å². The fraction of sp³-hybridized carbons (Fsp3) is 0.294. The Morgan fingerprint density at radius 2 is 2.19 bits per heavy atom. The third-order valence-corrected chi connectivity index (χ3v) is 4.59. The maximum absolute atomic E-state index is 13.4. The highest BCUT2D eigenvalue weighted by molar-refractivity contribution is 7.09. The summed E-state index contributed by atoms with van der Waals surface area (Å²) in [5, 5.41) is 6.42. The largest absolute Gasteiger partial charge is 0.459 e. The van der Waals surface area contributed by atoms with Gasteiger partial charge < -0.3 is 9.73 Å². The molecule has 2 nitrogen and oxygen atoms in total. The van der Waals surface area contributed by atoms with Crippen molar-refractivity contribution in [3.05, 3.63) is 57.7 Å². The number of likely N-dealkylation sites (N-methyl/N-ethyl adjacent to an activating group) is 1. The predicted octanol–water partition coefficient (Wildman–Crippen LogP) is 4.84. The summed E-state index contributed by atoms with van der Waals surface area (Å²) in [6.07, 6.45) is 0.884. The fourth-order valence-corrected chi connectivity index (χ4v) is 3.43. The van der Waals surface area contributed by atoms with Crippen LogP contribution in [0.2, 0.25) is 0 Å². The van der Waals surface area contributed by atoms with Gasteiger partial charge >= 0.3 is 0 Å². The van der Waals surface area contributed by atoms with Crippen LogP contribution in [0.3, 0.4) is 0 Å². The molecule has 0 spiro atoms. The zero-order valence-corrected chi connectivity index (χ0v) is 13.0. The van der Waals surface area contributed by atoms with E-state index in [1.807, 2.05) is 6.92 Å². The summed E-state index contributed by atoms with van der Waals surface area (Å²) in [6, 6.07) is 9.00. The minimum Gasteiger partial charge on any atom is -0.459 e. The standard InChI is InChI=1S/C17H18FNOS/c1-3-19-15(10-13-5-4-8-21-13)17-11(2)14-9-12(18)6-7-16(14)20-17/h4-9,15,19H,3,10H2,1-2H3. The summed E-state index contributed by atoms with van der Waals surface area (Å²) in [6.45, 7) is 4.94. The van der Waals surface area contributed by atoms with E-state index in [0.717, 1.165) is 35.3 Å². The third kappa shape index (κ3) is 2.87. The Labute approximate surface area is 127 Å². The molecule has 2 aromatic heterocycles. The van der Waals surface area contributed by atoms with Gasteiger partial charge in [0.1, 0.15) is 17.2 Å². The lowest BCUT2D eigenvalue weighted by atomic mass is 10.0. The van der Waals surface area contributed by atoms with Gasteiger partial charge in [-0.3, -0.25) is 0 Å². The first kappa shape index (κ1) is 14.3. The van der Waals surface area contributed by atoms with E-state index in [9.17, 15) is 4.39 Å². The molecule has 21 heavy (non-hydrogen) atoms. The van der Waals surface area contributed by atoms with Gasteiger partial charge in [-0.1, -0.05) is 13.0 Å². The molecule has 0 aliphatic rings. The van der Waals surface area contributed by atoms with Crippen molar-refractivity contribution >= 4 is 22.3 Å². The molecule has 110 valence electrons. The maximum Gasteiger partial charge on any atom is 0.134 e. The zero-order chi connectivity index (χ0) is 14.8. The number of hydrogen-bond acceptors (Lipinski definition) is 3. The molecule has 0 amide bonds. The minimum atomic E-state index is -0.226. The first-order valence-electron chi connectivity index (χ1n) is 7.13. The molecule has 4 heteroatoms. The van der Waals surface area contributed by atoms with Crippen LogP contribution in [0.25, 0.3) is 11.0 Å². The van der Waals surface area contributed by atoms with Crippen molar-refractivity contribution in [1.82, 2.24) is 5.32 Å². The van der Waals surface area contributed by atoms with Crippen LogP contribution in [0.5, 0.6) is 0 Å². The van der Waals surface area contributed by atoms with Crippen molar-refractivity contribution in [2.75, 3.05) is 6.54 Å². The molecule has 1 unspecified atom stereocenters. The maximum atomic E-state index is 13.4. The highest BCUT2D eigenvalue weighted by Gasteiger charge is 2.20. The topological polar surface area (TPSA) is 25.2 Å². The molecule has 3 aromatic rings. The lowest BCUT2D eigenvalue weighted by molar-refractivity contribution is 0.433. The Kier molecular flexibility index (Phi) is 4.08. The van der Waals surface area contributed by atoms with E-state index >= 15 is 0 Å². The number of nitrogens with one attached hydrogen (secondary N) is 1. The van der Waals surface area contributed by atoms with Crippen molar-refractivity contribution in [3.63, 3.8) is 0 Å². The number of fused-ring (bicyclic) bond motifs is 1. The van der Waals surface area contributed by atoms with E-state index in [2.05, 4.69) is 29.8 Å². The summed E-state index contributed by atoms with van der Waals surface area (Å²) in [7, 11) is 0. The second-order valence-electron chi connectivity index (χ2n) is 5.13. The quantitative estimate of drug-likeness (QED) is 0.730. The summed E-state index contributed by atoms with van der Waals surface area (Å²) < 4.78 is 19.4. The van der Waals surface area contributed by atoms with E-state index in [0.29, 0.717) is 0 Å². The number of aryl methyl sites for hydroxylation is 1.